The number of ether oxygens (including phenoxy) is 2. The van der Waals surface area contributed by atoms with Crippen LogP contribution < -0.4 is 4.74 Å². The van der Waals surface area contributed by atoms with E-state index in [1.807, 2.05) is 44.2 Å². The molecule has 25 heavy (non-hydrogen) atoms. The number of allylic oxidation sites excluding steroid dienone is 2. The van der Waals surface area contributed by atoms with Crippen molar-refractivity contribution in [2.24, 2.45) is 4.99 Å². The zero-order valence-electron chi connectivity index (χ0n) is 14.5. The van der Waals surface area contributed by atoms with E-state index >= 15 is 0 Å². The van der Waals surface area contributed by atoms with Crippen LogP contribution in [0, 0.1) is 0 Å². The Bertz CT molecular complexity index is 940. The minimum atomic E-state index is -0.297. The lowest BCUT2D eigenvalue weighted by molar-refractivity contribution is -0.139. The largest absolute Gasteiger partial charge is 0.488 e. The van der Waals surface area contributed by atoms with Crippen molar-refractivity contribution in [2.45, 2.75) is 20.3 Å². The van der Waals surface area contributed by atoms with Gasteiger partial charge in [-0.15, -0.1) is 5.73 Å². The third-order valence-electron chi connectivity index (χ3n) is 3.94. The summed E-state index contributed by atoms with van der Waals surface area (Å²) >= 11 is 0. The summed E-state index contributed by atoms with van der Waals surface area (Å²) in [6.45, 7) is 4.26. The molecule has 0 aliphatic carbocycles. The molecule has 3 rings (SSSR count). The number of hydrogen-bond acceptors (Lipinski definition) is 5. The van der Waals surface area contributed by atoms with E-state index in [1.165, 1.54) is 7.11 Å². The standard InChI is InChI=1S/C20H19NO4/c1-13-5-4-6-15(14(2)21-13)11-24-17-7-8-18-16(9-20(22)23-3)12-25-19(18)10-17/h4-5,7-8,10,12H,9,11H2,1-3H3. The van der Waals surface area contributed by atoms with E-state index in [0.717, 1.165) is 27.9 Å². The molecule has 0 atom stereocenters. The molecule has 1 aliphatic heterocycles. The maximum atomic E-state index is 11.4. The molecule has 0 saturated carbocycles. The van der Waals surface area contributed by atoms with Gasteiger partial charge in [0, 0.05) is 22.7 Å². The van der Waals surface area contributed by atoms with Gasteiger partial charge >= 0.3 is 5.97 Å². The quantitative estimate of drug-likeness (QED) is 0.611. The first-order valence-corrected chi connectivity index (χ1v) is 7.94. The summed E-state index contributed by atoms with van der Waals surface area (Å²) in [5.41, 5.74) is 7.39. The summed E-state index contributed by atoms with van der Waals surface area (Å²) in [4.78, 5) is 15.9. The first-order valence-electron chi connectivity index (χ1n) is 7.94. The molecule has 1 aromatic heterocycles. The van der Waals surface area contributed by atoms with Crippen LogP contribution >= 0.6 is 0 Å². The van der Waals surface area contributed by atoms with E-state index in [-0.39, 0.29) is 12.4 Å². The third-order valence-corrected chi connectivity index (χ3v) is 3.94. The summed E-state index contributed by atoms with van der Waals surface area (Å²) in [6, 6.07) is 5.55. The van der Waals surface area contributed by atoms with E-state index in [0.29, 0.717) is 17.9 Å². The zero-order chi connectivity index (χ0) is 17.8. The maximum Gasteiger partial charge on any atom is 0.310 e. The Balaban J connectivity index is 1.74. The molecule has 0 bridgehead atoms. The minimum Gasteiger partial charge on any atom is -0.488 e. The molecular formula is C20H19NO4. The summed E-state index contributed by atoms with van der Waals surface area (Å²) < 4.78 is 16.1. The van der Waals surface area contributed by atoms with Crippen LogP contribution in [0.5, 0.6) is 5.75 Å². The second-order valence-corrected chi connectivity index (χ2v) is 5.76. The number of methoxy groups -OCH3 is 1. The molecule has 0 unspecified atom stereocenters. The second kappa shape index (κ2) is 7.24. The number of nitrogens with zero attached hydrogens (tertiary/aromatic N) is 1. The molecule has 0 N–H and O–H groups in total. The lowest BCUT2D eigenvalue weighted by Crippen LogP contribution is -2.07. The molecule has 5 nitrogen and oxygen atoms in total. The fourth-order valence-corrected chi connectivity index (χ4v) is 2.56. The van der Waals surface area contributed by atoms with Gasteiger partial charge in [0.15, 0.2) is 0 Å². The predicted molar refractivity (Wildman–Crippen MR) is 95.9 cm³/mol. The topological polar surface area (TPSA) is 61.0 Å². The first kappa shape index (κ1) is 16.8. The van der Waals surface area contributed by atoms with Gasteiger partial charge in [0.1, 0.15) is 17.9 Å². The molecule has 1 aromatic carbocycles. The van der Waals surface area contributed by atoms with E-state index in [4.69, 9.17) is 13.9 Å². The Morgan fingerprint density at radius 3 is 2.96 bits per heavy atom. The van der Waals surface area contributed by atoms with Gasteiger partial charge in [-0.3, -0.25) is 9.79 Å². The normalized spacial score (nSPS) is 13.8. The molecule has 2 aromatic rings. The lowest BCUT2D eigenvalue weighted by atomic mass is 10.1. The summed E-state index contributed by atoms with van der Waals surface area (Å²) in [6.07, 6.45) is 5.52. The molecule has 0 radical (unpaired) electrons. The van der Waals surface area contributed by atoms with Crippen molar-refractivity contribution in [2.75, 3.05) is 13.7 Å². The summed E-state index contributed by atoms with van der Waals surface area (Å²) in [5, 5.41) is 0.879. The number of fused-ring (bicyclic) bond motifs is 1. The molecule has 0 spiro atoms. The second-order valence-electron chi connectivity index (χ2n) is 5.76. The monoisotopic (exact) mass is 337 g/mol. The number of aliphatic imine (C=N–C) groups is 1. The van der Waals surface area contributed by atoms with E-state index in [1.54, 1.807) is 6.26 Å². The van der Waals surface area contributed by atoms with Crippen molar-refractivity contribution in [1.29, 1.82) is 0 Å². The number of hydrogen-bond donors (Lipinski definition) is 0. The van der Waals surface area contributed by atoms with Gasteiger partial charge in [0.2, 0.25) is 0 Å². The third kappa shape index (κ3) is 3.90. The minimum absolute atomic E-state index is 0.184. The Hall–Kier alpha value is -3.04. The van der Waals surface area contributed by atoms with Crippen LogP contribution in [-0.4, -0.2) is 25.4 Å². The molecular weight excluding hydrogens is 318 g/mol. The van der Waals surface area contributed by atoms with Gasteiger partial charge in [-0.1, -0.05) is 0 Å². The number of carbonyl (C=O) groups excluding carboxylic acids is 1. The zero-order valence-corrected chi connectivity index (χ0v) is 14.5. The highest BCUT2D eigenvalue weighted by Crippen LogP contribution is 2.26. The fourth-order valence-electron chi connectivity index (χ4n) is 2.56. The van der Waals surface area contributed by atoms with Gasteiger partial charge in [0.05, 0.1) is 31.1 Å². The van der Waals surface area contributed by atoms with Crippen LogP contribution in [-0.2, 0) is 16.0 Å². The highest BCUT2D eigenvalue weighted by atomic mass is 16.5. The average Bonchev–Trinajstić information content (AvgIpc) is 2.91. The Morgan fingerprint density at radius 1 is 1.32 bits per heavy atom. The fraction of sp³-hybridized carbons (Fsp3) is 0.250. The molecule has 0 fully saturated rings. The highest BCUT2D eigenvalue weighted by molar-refractivity contribution is 5.99. The van der Waals surface area contributed by atoms with Gasteiger partial charge in [0.25, 0.3) is 0 Å². The number of rotatable bonds is 5. The van der Waals surface area contributed by atoms with Gasteiger partial charge in [-0.25, -0.2) is 0 Å². The van der Waals surface area contributed by atoms with Crippen molar-refractivity contribution < 1.29 is 18.7 Å². The van der Waals surface area contributed by atoms with E-state index in [2.05, 4.69) is 10.7 Å². The van der Waals surface area contributed by atoms with Gasteiger partial charge in [-0.2, -0.15) is 0 Å². The number of benzene rings is 1. The van der Waals surface area contributed by atoms with Crippen LogP contribution in [0.15, 0.2) is 63.0 Å². The SMILES string of the molecule is COC(=O)Cc1coc2cc(OCC3=C=CC=C(C)N=C3C)ccc12. The average molecular weight is 337 g/mol. The molecule has 1 aliphatic rings. The lowest BCUT2D eigenvalue weighted by Gasteiger charge is -2.08. The van der Waals surface area contributed by atoms with E-state index < -0.39 is 0 Å². The van der Waals surface area contributed by atoms with Crippen molar-refractivity contribution in [3.05, 3.63) is 59.2 Å². The van der Waals surface area contributed by atoms with Gasteiger partial charge in [-0.05, 0) is 38.1 Å². The predicted octanol–water partition coefficient (Wildman–Crippen LogP) is 3.99. The number of esters is 1. The Kier molecular flexibility index (Phi) is 4.87. The molecule has 128 valence electrons. The van der Waals surface area contributed by atoms with Crippen molar-refractivity contribution in [1.82, 2.24) is 0 Å². The Labute approximate surface area is 145 Å². The number of furan rings is 1. The van der Waals surface area contributed by atoms with Crippen LogP contribution in [0.4, 0.5) is 0 Å². The summed E-state index contributed by atoms with van der Waals surface area (Å²) in [5.74, 6) is 0.385. The smallest absolute Gasteiger partial charge is 0.310 e. The first-order chi connectivity index (χ1) is 12.1. The van der Waals surface area contributed by atoms with Gasteiger partial charge < -0.3 is 13.9 Å². The van der Waals surface area contributed by atoms with Crippen LogP contribution in [0.2, 0.25) is 0 Å². The highest BCUT2D eigenvalue weighted by Gasteiger charge is 2.12. The van der Waals surface area contributed by atoms with E-state index in [9.17, 15) is 4.79 Å². The Morgan fingerprint density at radius 2 is 2.16 bits per heavy atom. The number of carbonyl (C=O) groups is 1. The molecule has 2 heterocycles. The van der Waals surface area contributed by atoms with Crippen LogP contribution in [0.3, 0.4) is 0 Å². The van der Waals surface area contributed by atoms with Crippen molar-refractivity contribution in [3.8, 4) is 5.75 Å². The van der Waals surface area contributed by atoms with Crippen molar-refractivity contribution in [3.63, 3.8) is 0 Å². The van der Waals surface area contributed by atoms with Crippen molar-refractivity contribution >= 4 is 22.7 Å². The molecule has 0 saturated heterocycles. The molecule has 0 amide bonds. The maximum absolute atomic E-state index is 11.4. The summed E-state index contributed by atoms with van der Waals surface area (Å²) in [7, 11) is 1.37. The van der Waals surface area contributed by atoms with Crippen LogP contribution in [0.1, 0.15) is 19.4 Å². The van der Waals surface area contributed by atoms with Crippen LogP contribution in [0.25, 0.3) is 11.0 Å². The molecule has 5 heteroatoms.